The molecule has 1 aliphatic heterocycles. The predicted molar refractivity (Wildman–Crippen MR) is 71.8 cm³/mol. The Kier molecular flexibility index (Phi) is 4.33. The zero-order valence-corrected chi connectivity index (χ0v) is 11.9. The molecule has 0 spiro atoms. The maximum absolute atomic E-state index is 12.2. The van der Waals surface area contributed by atoms with Gasteiger partial charge in [-0.25, -0.2) is 9.78 Å². The molecule has 1 aromatic heterocycles. The van der Waals surface area contributed by atoms with Gasteiger partial charge in [0, 0.05) is 38.5 Å². The molecule has 7 nitrogen and oxygen atoms in total. The van der Waals surface area contributed by atoms with E-state index in [2.05, 4.69) is 4.98 Å². The first-order valence-corrected chi connectivity index (χ1v) is 7.10. The van der Waals surface area contributed by atoms with Crippen LogP contribution >= 0.6 is 11.3 Å². The highest BCUT2D eigenvalue weighted by atomic mass is 32.1. The van der Waals surface area contributed by atoms with Gasteiger partial charge < -0.3 is 14.9 Å². The highest BCUT2D eigenvalue weighted by Gasteiger charge is 2.24. The molecular formula is C12H15N3O4S. The Morgan fingerprint density at radius 2 is 1.85 bits per heavy atom. The van der Waals surface area contributed by atoms with Crippen molar-refractivity contribution in [1.29, 1.82) is 0 Å². The van der Waals surface area contributed by atoms with Crippen LogP contribution in [0.4, 0.5) is 0 Å². The van der Waals surface area contributed by atoms with Gasteiger partial charge in [-0.2, -0.15) is 0 Å². The van der Waals surface area contributed by atoms with Crippen molar-refractivity contribution in [2.75, 3.05) is 26.2 Å². The molecule has 0 saturated carbocycles. The smallest absolute Gasteiger partial charge is 0.355 e. The summed E-state index contributed by atoms with van der Waals surface area (Å²) in [5.41, 5.74) is -0.112. The molecule has 1 aliphatic rings. The molecule has 0 atom stereocenters. The topological polar surface area (TPSA) is 90.8 Å². The minimum Gasteiger partial charge on any atom is -0.476 e. The average molecular weight is 297 g/mol. The number of hydrogen-bond acceptors (Lipinski definition) is 5. The Hall–Kier alpha value is -1.96. The first-order chi connectivity index (χ1) is 9.49. The second-order valence-electron chi connectivity index (χ2n) is 4.49. The number of carbonyl (C=O) groups is 3. The molecule has 8 heteroatoms. The number of carboxylic acids is 1. The lowest BCUT2D eigenvalue weighted by Crippen LogP contribution is -2.36. The highest BCUT2D eigenvalue weighted by molar-refractivity contribution is 7.11. The van der Waals surface area contributed by atoms with Gasteiger partial charge in [0.1, 0.15) is 0 Å². The van der Waals surface area contributed by atoms with Crippen molar-refractivity contribution in [1.82, 2.24) is 14.8 Å². The van der Waals surface area contributed by atoms with Gasteiger partial charge in [0.05, 0.1) is 0 Å². The number of rotatable bonds is 2. The molecule has 0 unspecified atom stereocenters. The zero-order valence-electron chi connectivity index (χ0n) is 11.0. The SMILES string of the molecule is CC(=O)N1CCCN(C(=O)c2nc(C(=O)O)cs2)CC1. The molecule has 0 aliphatic carbocycles. The van der Waals surface area contributed by atoms with Gasteiger partial charge in [-0.15, -0.1) is 11.3 Å². The van der Waals surface area contributed by atoms with Gasteiger partial charge >= 0.3 is 5.97 Å². The summed E-state index contributed by atoms with van der Waals surface area (Å²) < 4.78 is 0. The number of amides is 2. The van der Waals surface area contributed by atoms with E-state index in [1.54, 1.807) is 9.80 Å². The first-order valence-electron chi connectivity index (χ1n) is 6.22. The summed E-state index contributed by atoms with van der Waals surface area (Å²) in [6.07, 6.45) is 0.711. The molecule has 2 rings (SSSR count). The van der Waals surface area contributed by atoms with Crippen molar-refractivity contribution in [2.45, 2.75) is 13.3 Å². The summed E-state index contributed by atoms with van der Waals surface area (Å²) in [5, 5.41) is 10.3. The standard InChI is InChI=1S/C12H15N3O4S/c1-8(16)14-3-2-4-15(6-5-14)11(17)10-13-9(7-20-10)12(18)19/h7H,2-6H2,1H3,(H,18,19). The van der Waals surface area contributed by atoms with Crippen LogP contribution in [0, 0.1) is 0 Å². The maximum atomic E-state index is 12.2. The van der Waals surface area contributed by atoms with Crippen LogP contribution in [0.5, 0.6) is 0 Å². The number of nitrogens with zero attached hydrogens (tertiary/aromatic N) is 3. The fourth-order valence-electron chi connectivity index (χ4n) is 2.04. The van der Waals surface area contributed by atoms with Gasteiger partial charge in [0.25, 0.3) is 5.91 Å². The normalized spacial score (nSPS) is 15.8. The van der Waals surface area contributed by atoms with Gasteiger partial charge in [0.2, 0.25) is 5.91 Å². The number of carbonyl (C=O) groups excluding carboxylic acids is 2. The molecule has 2 amide bonds. The van der Waals surface area contributed by atoms with E-state index < -0.39 is 5.97 Å². The van der Waals surface area contributed by atoms with Crippen LogP contribution < -0.4 is 0 Å². The van der Waals surface area contributed by atoms with Crippen molar-refractivity contribution in [2.24, 2.45) is 0 Å². The van der Waals surface area contributed by atoms with E-state index in [1.807, 2.05) is 0 Å². The fraction of sp³-hybridized carbons (Fsp3) is 0.500. The molecule has 1 N–H and O–H groups in total. The van der Waals surface area contributed by atoms with Crippen molar-refractivity contribution >= 4 is 29.1 Å². The number of aromatic nitrogens is 1. The second kappa shape index (κ2) is 6.00. The third-order valence-corrected chi connectivity index (χ3v) is 3.96. The van der Waals surface area contributed by atoms with E-state index in [0.29, 0.717) is 32.6 Å². The van der Waals surface area contributed by atoms with Crippen LogP contribution in [0.3, 0.4) is 0 Å². The van der Waals surface area contributed by atoms with Crippen molar-refractivity contribution < 1.29 is 19.5 Å². The number of aromatic carboxylic acids is 1. The molecule has 0 aromatic carbocycles. The molecular weight excluding hydrogens is 282 g/mol. The monoisotopic (exact) mass is 297 g/mol. The lowest BCUT2D eigenvalue weighted by atomic mass is 10.3. The third kappa shape index (κ3) is 3.13. The summed E-state index contributed by atoms with van der Waals surface area (Å²) in [6.45, 7) is 3.64. The summed E-state index contributed by atoms with van der Waals surface area (Å²) >= 11 is 1.03. The molecule has 0 bridgehead atoms. The van der Waals surface area contributed by atoms with Gasteiger partial charge in [-0.05, 0) is 6.42 Å². The van der Waals surface area contributed by atoms with Gasteiger partial charge in [-0.1, -0.05) is 0 Å². The quantitative estimate of drug-likeness (QED) is 0.860. The van der Waals surface area contributed by atoms with Crippen LogP contribution in [0.15, 0.2) is 5.38 Å². The summed E-state index contributed by atoms with van der Waals surface area (Å²) in [7, 11) is 0. The fourth-order valence-corrected chi connectivity index (χ4v) is 2.80. The molecule has 2 heterocycles. The zero-order chi connectivity index (χ0) is 14.7. The second-order valence-corrected chi connectivity index (χ2v) is 5.35. The molecule has 1 aromatic rings. The third-order valence-electron chi connectivity index (χ3n) is 3.13. The Bertz CT molecular complexity index is 543. The van der Waals surface area contributed by atoms with E-state index in [1.165, 1.54) is 12.3 Å². The summed E-state index contributed by atoms with van der Waals surface area (Å²) in [6, 6.07) is 0. The maximum Gasteiger partial charge on any atom is 0.355 e. The predicted octanol–water partition coefficient (Wildman–Crippen LogP) is 0.536. The largest absolute Gasteiger partial charge is 0.476 e. The number of carboxylic acid groups (broad SMARTS) is 1. The summed E-state index contributed by atoms with van der Waals surface area (Å²) in [4.78, 5) is 41.5. The van der Waals surface area contributed by atoms with Crippen LogP contribution in [0.25, 0.3) is 0 Å². The van der Waals surface area contributed by atoms with Crippen LogP contribution in [-0.2, 0) is 4.79 Å². The Morgan fingerprint density at radius 1 is 1.20 bits per heavy atom. The highest BCUT2D eigenvalue weighted by Crippen LogP contribution is 2.14. The van der Waals surface area contributed by atoms with E-state index in [-0.39, 0.29) is 22.5 Å². The summed E-state index contributed by atoms with van der Waals surface area (Å²) in [5.74, 6) is -1.41. The molecule has 108 valence electrons. The minimum absolute atomic E-state index is 0.00158. The molecule has 0 radical (unpaired) electrons. The van der Waals surface area contributed by atoms with E-state index in [9.17, 15) is 14.4 Å². The number of hydrogen-bond donors (Lipinski definition) is 1. The van der Waals surface area contributed by atoms with Crippen LogP contribution in [0.2, 0.25) is 0 Å². The van der Waals surface area contributed by atoms with E-state index >= 15 is 0 Å². The molecule has 1 saturated heterocycles. The lowest BCUT2D eigenvalue weighted by molar-refractivity contribution is -0.128. The first kappa shape index (κ1) is 14.4. The van der Waals surface area contributed by atoms with E-state index in [4.69, 9.17) is 5.11 Å². The van der Waals surface area contributed by atoms with Crippen LogP contribution in [0.1, 0.15) is 33.6 Å². The Labute approximate surface area is 119 Å². The van der Waals surface area contributed by atoms with Gasteiger partial charge in [-0.3, -0.25) is 9.59 Å². The lowest BCUT2D eigenvalue weighted by Gasteiger charge is -2.20. The number of thiazole rings is 1. The van der Waals surface area contributed by atoms with Gasteiger partial charge in [0.15, 0.2) is 10.7 Å². The Balaban J connectivity index is 2.05. The van der Waals surface area contributed by atoms with Crippen molar-refractivity contribution in [3.05, 3.63) is 16.1 Å². The van der Waals surface area contributed by atoms with Crippen LogP contribution in [-0.4, -0.2) is 63.9 Å². The molecule has 20 heavy (non-hydrogen) atoms. The van der Waals surface area contributed by atoms with Crippen molar-refractivity contribution in [3.63, 3.8) is 0 Å². The van der Waals surface area contributed by atoms with E-state index in [0.717, 1.165) is 11.3 Å². The average Bonchev–Trinajstić information content (AvgIpc) is 2.76. The molecule has 1 fully saturated rings. The minimum atomic E-state index is -1.14. The van der Waals surface area contributed by atoms with Crippen molar-refractivity contribution in [3.8, 4) is 0 Å². The Morgan fingerprint density at radius 3 is 2.45 bits per heavy atom.